The number of nitro benzene ring substituents is 1. The Bertz CT molecular complexity index is 1710. The molecule has 0 bridgehead atoms. The van der Waals surface area contributed by atoms with Crippen LogP contribution < -0.4 is 20.2 Å². The Balaban J connectivity index is 1.33. The molecule has 4 rings (SSSR count). The van der Waals surface area contributed by atoms with Gasteiger partial charge in [0.1, 0.15) is 0 Å². The Morgan fingerprint density at radius 1 is 0.837 bits per heavy atom. The summed E-state index contributed by atoms with van der Waals surface area (Å²) in [7, 11) is 1.41. The lowest BCUT2D eigenvalue weighted by atomic mass is 10.1. The van der Waals surface area contributed by atoms with Gasteiger partial charge in [0.25, 0.3) is 17.5 Å². The van der Waals surface area contributed by atoms with Crippen LogP contribution in [0.4, 0.5) is 11.4 Å². The smallest absolute Gasteiger partial charge is 0.336 e. The molecule has 0 heterocycles. The van der Waals surface area contributed by atoms with Crippen molar-refractivity contribution >= 4 is 41.4 Å². The molecule has 2 amide bonds. The minimum absolute atomic E-state index is 0.0542. The van der Waals surface area contributed by atoms with Crippen molar-refractivity contribution in [2.75, 3.05) is 12.4 Å². The van der Waals surface area contributed by atoms with Crippen LogP contribution in [0.3, 0.4) is 0 Å². The maximum Gasteiger partial charge on any atom is 0.336 e. The van der Waals surface area contributed by atoms with Gasteiger partial charge in [0.05, 0.1) is 18.2 Å². The molecule has 0 saturated carbocycles. The van der Waals surface area contributed by atoms with Gasteiger partial charge in [0.2, 0.25) is 0 Å². The van der Waals surface area contributed by atoms with Gasteiger partial charge in [-0.2, -0.15) is 5.10 Å². The van der Waals surface area contributed by atoms with Gasteiger partial charge >= 0.3 is 5.97 Å². The van der Waals surface area contributed by atoms with Crippen LogP contribution in [0.25, 0.3) is 6.08 Å². The average molecular weight is 579 g/mol. The van der Waals surface area contributed by atoms with Crippen molar-refractivity contribution in [1.82, 2.24) is 5.43 Å². The fourth-order valence-electron chi connectivity index (χ4n) is 3.74. The van der Waals surface area contributed by atoms with E-state index in [4.69, 9.17) is 9.47 Å². The van der Waals surface area contributed by atoms with E-state index in [1.165, 1.54) is 55.8 Å². The van der Waals surface area contributed by atoms with Crippen molar-refractivity contribution in [3.63, 3.8) is 0 Å². The third-order valence-corrected chi connectivity index (χ3v) is 5.99. The van der Waals surface area contributed by atoms with Crippen molar-refractivity contribution < 1.29 is 28.8 Å². The summed E-state index contributed by atoms with van der Waals surface area (Å²) in [6.45, 7) is 1.93. The number of aryl methyl sites for hydroxylation is 1. The number of nitrogens with zero attached hydrogens (tertiary/aromatic N) is 2. The number of amides is 2. The topological polar surface area (TPSA) is 149 Å². The number of anilines is 1. The maximum atomic E-state index is 12.6. The van der Waals surface area contributed by atoms with Gasteiger partial charge in [-0.3, -0.25) is 19.7 Å². The number of methoxy groups -OCH3 is 1. The van der Waals surface area contributed by atoms with Crippen molar-refractivity contribution in [3.8, 4) is 11.5 Å². The molecular formula is C32H26N4O7. The van der Waals surface area contributed by atoms with Gasteiger partial charge in [-0.1, -0.05) is 23.8 Å². The first-order chi connectivity index (χ1) is 20.7. The lowest BCUT2D eigenvalue weighted by Crippen LogP contribution is -2.18. The molecule has 0 aliphatic carbocycles. The van der Waals surface area contributed by atoms with Crippen molar-refractivity contribution in [2.24, 2.45) is 5.10 Å². The van der Waals surface area contributed by atoms with Gasteiger partial charge in [-0.25, -0.2) is 10.2 Å². The first kappa shape index (κ1) is 29.9. The maximum absolute atomic E-state index is 12.6. The molecule has 2 N–H and O–H groups in total. The number of rotatable bonds is 10. The van der Waals surface area contributed by atoms with Gasteiger partial charge in [0.15, 0.2) is 11.5 Å². The summed E-state index contributed by atoms with van der Waals surface area (Å²) in [6, 6.07) is 24.0. The Labute approximate surface area is 246 Å². The lowest BCUT2D eigenvalue weighted by molar-refractivity contribution is -0.384. The van der Waals surface area contributed by atoms with E-state index in [1.54, 1.807) is 48.5 Å². The molecule has 4 aromatic rings. The highest BCUT2D eigenvalue weighted by Crippen LogP contribution is 2.28. The second-order valence-electron chi connectivity index (χ2n) is 9.11. The predicted molar refractivity (Wildman–Crippen MR) is 161 cm³/mol. The number of esters is 1. The molecule has 216 valence electrons. The monoisotopic (exact) mass is 578 g/mol. The summed E-state index contributed by atoms with van der Waals surface area (Å²) in [5, 5.41) is 17.5. The number of non-ortho nitro benzene ring substituents is 1. The molecule has 0 aliphatic rings. The number of carbonyl (C=O) groups is 3. The quantitative estimate of drug-likeness (QED) is 0.0626. The summed E-state index contributed by atoms with van der Waals surface area (Å²) in [5.41, 5.74) is 5.81. The van der Waals surface area contributed by atoms with Crippen LogP contribution in [0, 0.1) is 17.0 Å². The standard InChI is InChI=1S/C32H26N4O7/c1-21-6-12-24(13-7-21)31(38)34-26-5-3-4-25(19-26)32(39)35-33-20-23-10-16-28(29(18-23)42-2)43-30(37)17-11-22-8-14-27(15-9-22)36(40)41/h3-20H,1-2H3,(H,34,38)(H,35,39)/b17-11+,33-20?. The highest BCUT2D eigenvalue weighted by atomic mass is 16.6. The number of carbonyl (C=O) groups excluding carboxylic acids is 3. The number of nitrogens with one attached hydrogen (secondary N) is 2. The number of hydrazone groups is 1. The first-order valence-electron chi connectivity index (χ1n) is 12.9. The molecule has 0 fully saturated rings. The normalized spacial score (nSPS) is 10.8. The third-order valence-electron chi connectivity index (χ3n) is 5.99. The summed E-state index contributed by atoms with van der Waals surface area (Å²) >= 11 is 0. The molecule has 0 atom stereocenters. The molecule has 0 aromatic heterocycles. The van der Waals surface area contributed by atoms with E-state index < -0.39 is 16.8 Å². The molecule has 11 heteroatoms. The molecule has 0 saturated heterocycles. The van der Waals surface area contributed by atoms with Crippen LogP contribution in [0.2, 0.25) is 0 Å². The van der Waals surface area contributed by atoms with E-state index in [1.807, 2.05) is 19.1 Å². The molecule has 4 aromatic carbocycles. The zero-order valence-electron chi connectivity index (χ0n) is 23.1. The van der Waals surface area contributed by atoms with Crippen LogP contribution in [0.1, 0.15) is 37.4 Å². The molecule has 0 unspecified atom stereocenters. The molecule has 0 spiro atoms. The second kappa shape index (κ2) is 14.0. The van der Waals surface area contributed by atoms with Crippen LogP contribution in [0.15, 0.2) is 102 Å². The molecule has 43 heavy (non-hydrogen) atoms. The Kier molecular flexibility index (Phi) is 9.72. The van der Waals surface area contributed by atoms with Crippen LogP contribution >= 0.6 is 0 Å². The van der Waals surface area contributed by atoms with Gasteiger partial charge in [-0.15, -0.1) is 0 Å². The summed E-state index contributed by atoms with van der Waals surface area (Å²) in [5.74, 6) is -1.04. The lowest BCUT2D eigenvalue weighted by Gasteiger charge is -2.09. The first-order valence-corrected chi connectivity index (χ1v) is 12.9. The van der Waals surface area contributed by atoms with Gasteiger partial charge in [-0.05, 0) is 84.8 Å². The summed E-state index contributed by atoms with van der Waals surface area (Å²) < 4.78 is 10.7. The van der Waals surface area contributed by atoms with Crippen molar-refractivity contribution in [3.05, 3.63) is 135 Å². The largest absolute Gasteiger partial charge is 0.493 e. The molecule has 11 nitrogen and oxygen atoms in total. The zero-order chi connectivity index (χ0) is 30.8. The van der Waals surface area contributed by atoms with Crippen LogP contribution in [-0.4, -0.2) is 36.0 Å². The van der Waals surface area contributed by atoms with E-state index >= 15 is 0 Å². The van der Waals surface area contributed by atoms with Gasteiger partial charge < -0.3 is 14.8 Å². The fraction of sp³-hybridized carbons (Fsp3) is 0.0625. The van der Waals surface area contributed by atoms with E-state index in [-0.39, 0.29) is 23.1 Å². The Morgan fingerprint density at radius 2 is 1.56 bits per heavy atom. The van der Waals surface area contributed by atoms with Crippen molar-refractivity contribution in [1.29, 1.82) is 0 Å². The molecule has 0 aliphatic heterocycles. The average Bonchev–Trinajstić information content (AvgIpc) is 3.01. The van der Waals surface area contributed by atoms with Crippen LogP contribution in [0.5, 0.6) is 11.5 Å². The second-order valence-corrected chi connectivity index (χ2v) is 9.11. The molecular weight excluding hydrogens is 552 g/mol. The number of ether oxygens (including phenoxy) is 2. The minimum atomic E-state index is -0.678. The van der Waals surface area contributed by atoms with E-state index in [0.29, 0.717) is 27.9 Å². The number of benzene rings is 4. The molecule has 0 radical (unpaired) electrons. The summed E-state index contributed by atoms with van der Waals surface area (Å²) in [4.78, 5) is 47.7. The number of nitro groups is 1. The highest BCUT2D eigenvalue weighted by Gasteiger charge is 2.11. The Morgan fingerprint density at radius 3 is 2.26 bits per heavy atom. The number of hydrogen-bond donors (Lipinski definition) is 2. The number of hydrogen-bond acceptors (Lipinski definition) is 8. The fourth-order valence-corrected chi connectivity index (χ4v) is 3.74. The third kappa shape index (κ3) is 8.44. The van der Waals surface area contributed by atoms with Gasteiger partial charge in [0, 0.05) is 35.0 Å². The minimum Gasteiger partial charge on any atom is -0.493 e. The Hall–Kier alpha value is -6.10. The highest BCUT2D eigenvalue weighted by molar-refractivity contribution is 6.05. The predicted octanol–water partition coefficient (Wildman–Crippen LogP) is 5.55. The SMILES string of the molecule is COc1cc(C=NNC(=O)c2cccc(NC(=O)c3ccc(C)cc3)c2)ccc1OC(=O)/C=C/c1ccc([N+](=O)[O-])cc1. The zero-order valence-corrected chi connectivity index (χ0v) is 23.1. The summed E-state index contributed by atoms with van der Waals surface area (Å²) in [6.07, 6.45) is 4.05. The van der Waals surface area contributed by atoms with Crippen molar-refractivity contribution in [2.45, 2.75) is 6.92 Å². The van der Waals surface area contributed by atoms with Crippen LogP contribution in [-0.2, 0) is 4.79 Å². The van der Waals surface area contributed by atoms with E-state index in [9.17, 15) is 24.5 Å². The van der Waals surface area contributed by atoms with E-state index in [2.05, 4.69) is 15.8 Å². The van der Waals surface area contributed by atoms with E-state index in [0.717, 1.165) is 5.56 Å².